The van der Waals surface area contributed by atoms with Crippen LogP contribution in [0.4, 0.5) is 171 Å². The van der Waals surface area contributed by atoms with E-state index in [1.807, 2.05) is 0 Å². The molecule has 0 rings (SSSR count). The van der Waals surface area contributed by atoms with Crippen molar-refractivity contribution in [2.24, 2.45) is 5.92 Å². The Hall–Kier alpha value is -4.41. The van der Waals surface area contributed by atoms with Gasteiger partial charge in [-0.25, -0.2) is 0 Å². The van der Waals surface area contributed by atoms with Gasteiger partial charge in [0.15, 0.2) is 5.25 Å². The zero-order valence-corrected chi connectivity index (χ0v) is 36.3. The van der Waals surface area contributed by atoms with Gasteiger partial charge in [0.2, 0.25) is 0 Å². The minimum Gasteiger partial charge on any atom is -0.465 e. The number of esters is 3. The predicted molar refractivity (Wildman–Crippen MR) is 163 cm³/mol. The van der Waals surface area contributed by atoms with Crippen LogP contribution in [-0.2, 0) is 38.7 Å². The van der Waals surface area contributed by atoms with Gasteiger partial charge in [-0.1, -0.05) is 0 Å². The molecule has 470 valence electrons. The van der Waals surface area contributed by atoms with Crippen LogP contribution in [0.25, 0.3) is 0 Å². The van der Waals surface area contributed by atoms with Gasteiger partial charge in [0.05, 0.1) is 51.4 Å². The maximum atomic E-state index is 14.2. The van der Waals surface area contributed by atoms with Crippen molar-refractivity contribution >= 4 is 28.0 Å². The van der Waals surface area contributed by atoms with Crippen LogP contribution >= 0.6 is 0 Å². The molecular formula is C30H17F39O9S. The Morgan fingerprint density at radius 3 is 0.734 bits per heavy atom. The van der Waals surface area contributed by atoms with E-state index in [9.17, 15) is 199 Å². The van der Waals surface area contributed by atoms with Gasteiger partial charge in [-0.2, -0.15) is 180 Å². The molecule has 0 aromatic carbocycles. The zero-order valence-electron chi connectivity index (χ0n) is 35.5. The summed E-state index contributed by atoms with van der Waals surface area (Å²) in [5, 5.41) is -4.73. The van der Waals surface area contributed by atoms with Gasteiger partial charge in [-0.15, -0.1) is 0 Å². The zero-order chi connectivity index (χ0) is 64.5. The lowest BCUT2D eigenvalue weighted by Gasteiger charge is -2.39. The lowest BCUT2D eigenvalue weighted by Crippen LogP contribution is -2.70. The first kappa shape index (κ1) is 74.6. The molecule has 2 atom stereocenters. The quantitative estimate of drug-likeness (QED) is 0.0369. The predicted octanol–water partition coefficient (Wildman–Crippen LogP) is 12.3. The standard InChI is InChI=1S/C30H17F39O9S/c31-13(32,16(37,38)19(43,44)22(49,50)25(55,56)28(61,62)63)1-4-76-9(70)7-8(11(71)77-5-2-14(33,34)17(39,40)20(45,46)23(51,52)26(57,58)29(64,65)66)10(79(73,74)75)12(72)78-6-3-15(35,36)18(41,42)21(47,48)24(53,54)27(59,60)30(67,68)69/h8,10H,1-7H2,(H,73,74,75). The molecule has 0 bridgehead atoms. The maximum Gasteiger partial charge on any atom is 0.460 e. The van der Waals surface area contributed by atoms with Crippen molar-refractivity contribution in [3.05, 3.63) is 0 Å². The summed E-state index contributed by atoms with van der Waals surface area (Å²) >= 11 is 0. The SMILES string of the molecule is O=C(CC(C(=O)OCCC(F)(F)C(F)(F)C(F)(F)C(F)(F)C(F)(F)C(F)(F)F)C(C(=O)OCCC(F)(F)C(F)(F)C(F)(F)C(F)(F)C(F)(F)C(F)(F)F)S(=O)(=O)O)OCCC(F)(F)C(F)(F)C(F)(F)C(F)(F)C(F)(F)C(F)(F)F. The molecule has 79 heavy (non-hydrogen) atoms. The first-order valence-electron chi connectivity index (χ1n) is 18.2. The lowest BCUT2D eigenvalue weighted by molar-refractivity contribution is -0.440. The number of ether oxygens (including phenoxy) is 3. The molecule has 0 saturated heterocycles. The van der Waals surface area contributed by atoms with E-state index in [2.05, 4.69) is 14.2 Å². The second kappa shape index (κ2) is 21.4. The maximum absolute atomic E-state index is 14.2. The number of hydrogen-bond acceptors (Lipinski definition) is 8. The summed E-state index contributed by atoms with van der Waals surface area (Å²) in [6, 6.07) is 0. The van der Waals surface area contributed by atoms with Crippen molar-refractivity contribution in [1.29, 1.82) is 0 Å². The third kappa shape index (κ3) is 12.5. The molecule has 1 N–H and O–H groups in total. The Kier molecular flexibility index (Phi) is 20.2. The molecule has 0 aromatic heterocycles. The summed E-state index contributed by atoms with van der Waals surface area (Å²) in [6.45, 7) is -9.51. The Morgan fingerprint density at radius 1 is 0.316 bits per heavy atom. The van der Waals surface area contributed by atoms with Crippen LogP contribution < -0.4 is 0 Å². The lowest BCUT2D eigenvalue weighted by atomic mass is 9.92. The third-order valence-corrected chi connectivity index (χ3v) is 10.8. The minimum absolute atomic E-state index is 3.06. The Labute approximate surface area is 405 Å². The Morgan fingerprint density at radius 2 is 0.519 bits per heavy atom. The monoisotopic (exact) mass is 1290 g/mol. The second-order valence-corrected chi connectivity index (χ2v) is 16.6. The van der Waals surface area contributed by atoms with E-state index in [1.54, 1.807) is 0 Å². The van der Waals surface area contributed by atoms with E-state index in [4.69, 9.17) is 0 Å². The van der Waals surface area contributed by atoms with Crippen molar-refractivity contribution in [3.8, 4) is 0 Å². The molecule has 2 unspecified atom stereocenters. The van der Waals surface area contributed by atoms with Crippen molar-refractivity contribution in [2.75, 3.05) is 19.8 Å². The molecule has 0 aliphatic carbocycles. The first-order chi connectivity index (χ1) is 33.9. The van der Waals surface area contributed by atoms with Gasteiger partial charge in [0.1, 0.15) is 0 Å². The van der Waals surface area contributed by atoms with E-state index in [-0.39, 0.29) is 0 Å². The van der Waals surface area contributed by atoms with E-state index >= 15 is 0 Å². The summed E-state index contributed by atoms with van der Waals surface area (Å²) in [5.41, 5.74) is 0. The molecule has 49 heteroatoms. The van der Waals surface area contributed by atoms with Gasteiger partial charge in [-0.05, 0) is 0 Å². The van der Waals surface area contributed by atoms with Crippen LogP contribution in [-0.4, -0.2) is 163 Å². The van der Waals surface area contributed by atoms with Crippen molar-refractivity contribution < 1.29 is 213 Å². The number of alkyl halides is 39. The smallest absolute Gasteiger partial charge is 0.460 e. The number of hydrogen-bond donors (Lipinski definition) is 1. The van der Waals surface area contributed by atoms with Gasteiger partial charge < -0.3 is 14.2 Å². The van der Waals surface area contributed by atoms with Gasteiger partial charge in [0, 0.05) is 0 Å². The third-order valence-electron chi connectivity index (χ3n) is 9.60. The number of halogens is 39. The summed E-state index contributed by atoms with van der Waals surface area (Å²) in [7, 11) is -7.23. The summed E-state index contributed by atoms with van der Waals surface area (Å²) in [4.78, 5) is 37.5. The van der Waals surface area contributed by atoms with Gasteiger partial charge >= 0.3 is 125 Å². The van der Waals surface area contributed by atoms with Gasteiger partial charge in [-0.3, -0.25) is 18.9 Å². The van der Waals surface area contributed by atoms with Crippen LogP contribution in [0.1, 0.15) is 25.7 Å². The molecule has 0 heterocycles. The fourth-order valence-electron chi connectivity index (χ4n) is 4.96. The summed E-state index contributed by atoms with van der Waals surface area (Å²) < 4.78 is 566. The van der Waals surface area contributed by atoms with Crippen LogP contribution in [0.5, 0.6) is 0 Å². The topological polar surface area (TPSA) is 133 Å². The molecule has 0 spiro atoms. The van der Waals surface area contributed by atoms with Crippen LogP contribution in [0.3, 0.4) is 0 Å². The first-order valence-corrected chi connectivity index (χ1v) is 19.7. The molecule has 0 saturated carbocycles. The molecule has 0 aromatic rings. The fourth-order valence-corrected chi connectivity index (χ4v) is 5.90. The average molecular weight is 1290 g/mol. The van der Waals surface area contributed by atoms with Crippen molar-refractivity contribution in [2.45, 2.75) is 138 Å². The highest BCUT2D eigenvalue weighted by molar-refractivity contribution is 7.87. The highest BCUT2D eigenvalue weighted by Gasteiger charge is 2.93. The Balaban J connectivity index is 7.39. The molecule has 0 aliphatic heterocycles. The van der Waals surface area contributed by atoms with Crippen LogP contribution in [0, 0.1) is 5.92 Å². The number of carbonyl (C=O) groups excluding carboxylic acids is 3. The number of carbonyl (C=O) groups is 3. The van der Waals surface area contributed by atoms with Crippen molar-refractivity contribution in [1.82, 2.24) is 0 Å². The van der Waals surface area contributed by atoms with E-state index < -0.39 is 192 Å². The van der Waals surface area contributed by atoms with Gasteiger partial charge in [0.25, 0.3) is 10.1 Å². The average Bonchev–Trinajstić information content (AvgIpc) is 3.20. The van der Waals surface area contributed by atoms with E-state index in [1.165, 1.54) is 0 Å². The van der Waals surface area contributed by atoms with Crippen LogP contribution in [0.2, 0.25) is 0 Å². The normalized spacial score (nSPS) is 16.6. The fraction of sp³-hybridized carbons (Fsp3) is 0.900. The molecule has 0 aliphatic rings. The molecule has 0 amide bonds. The molecular weight excluding hydrogens is 1280 g/mol. The second-order valence-electron chi connectivity index (χ2n) is 15.1. The highest BCUT2D eigenvalue weighted by Crippen LogP contribution is 2.64. The van der Waals surface area contributed by atoms with E-state index in [0.717, 1.165) is 0 Å². The summed E-state index contributed by atoms with van der Waals surface area (Å²) in [6.07, 6.45) is -38.4. The summed E-state index contributed by atoms with van der Waals surface area (Å²) in [5.74, 6) is -139. The molecule has 0 radical (unpaired) electrons. The molecule has 0 fully saturated rings. The van der Waals surface area contributed by atoms with Crippen molar-refractivity contribution in [3.63, 3.8) is 0 Å². The minimum atomic E-state index is -8.67. The molecule has 9 nitrogen and oxygen atoms in total. The van der Waals surface area contributed by atoms with E-state index in [0.29, 0.717) is 0 Å². The Bertz CT molecular complexity index is 2280. The largest absolute Gasteiger partial charge is 0.465 e. The number of rotatable bonds is 27. The van der Waals surface area contributed by atoms with Crippen LogP contribution in [0.15, 0.2) is 0 Å². The highest BCUT2D eigenvalue weighted by atomic mass is 32.2.